The summed E-state index contributed by atoms with van der Waals surface area (Å²) >= 11 is 0. The summed E-state index contributed by atoms with van der Waals surface area (Å²) in [6, 6.07) is 6.70. The van der Waals surface area contributed by atoms with Crippen LogP contribution in [-0.4, -0.2) is 30.2 Å². The number of nitrogens with one attached hydrogen (secondary N) is 2. The molecular weight excluding hydrogens is 258 g/mol. The Balaban J connectivity index is 2.23. The molecule has 0 saturated heterocycles. The van der Waals surface area contributed by atoms with Crippen LogP contribution in [0.25, 0.3) is 0 Å². The van der Waals surface area contributed by atoms with Crippen LogP contribution in [0.4, 0.5) is 0 Å². The van der Waals surface area contributed by atoms with E-state index in [1.54, 1.807) is 31.3 Å². The first-order valence-electron chi connectivity index (χ1n) is 6.44. The van der Waals surface area contributed by atoms with Gasteiger partial charge in [-0.1, -0.05) is 12.1 Å². The van der Waals surface area contributed by atoms with Crippen molar-refractivity contribution >= 4 is 18.0 Å². The van der Waals surface area contributed by atoms with Crippen LogP contribution in [0.15, 0.2) is 29.4 Å². The van der Waals surface area contributed by atoms with Gasteiger partial charge >= 0.3 is 0 Å². The molecule has 0 heterocycles. The number of carbonyl (C=O) groups is 2. The van der Waals surface area contributed by atoms with Crippen LogP contribution in [0.5, 0.6) is 5.75 Å². The highest BCUT2D eigenvalue weighted by Crippen LogP contribution is 2.12. The lowest BCUT2D eigenvalue weighted by atomic mass is 10.2. The number of carbonyl (C=O) groups excluding carboxylic acids is 2. The molecule has 1 aromatic rings. The smallest absolute Gasteiger partial charge is 0.240 e. The molecule has 2 amide bonds. The monoisotopic (exact) mass is 277 g/mol. The molecule has 108 valence electrons. The highest BCUT2D eigenvalue weighted by Gasteiger charge is 2.02. The van der Waals surface area contributed by atoms with Crippen LogP contribution >= 0.6 is 0 Å². The topological polar surface area (TPSA) is 90.8 Å². The summed E-state index contributed by atoms with van der Waals surface area (Å²) in [5.41, 5.74) is 2.91. The zero-order valence-electron chi connectivity index (χ0n) is 11.4. The zero-order valence-corrected chi connectivity index (χ0v) is 11.4. The molecule has 6 heteroatoms. The predicted octanol–water partition coefficient (Wildman–Crippen LogP) is 1.15. The third-order valence-electron chi connectivity index (χ3n) is 2.67. The Morgan fingerprint density at radius 2 is 1.85 bits per heavy atom. The van der Waals surface area contributed by atoms with Crippen molar-refractivity contribution in [1.82, 2.24) is 10.7 Å². The van der Waals surface area contributed by atoms with Crippen molar-refractivity contribution in [3.8, 4) is 5.75 Å². The van der Waals surface area contributed by atoms with E-state index in [1.165, 1.54) is 6.21 Å². The van der Waals surface area contributed by atoms with E-state index in [9.17, 15) is 14.7 Å². The maximum absolute atomic E-state index is 11.4. The Kier molecular flexibility index (Phi) is 6.81. The van der Waals surface area contributed by atoms with Gasteiger partial charge in [-0.3, -0.25) is 9.59 Å². The number of nitrogens with zero attached hydrogens (tertiary/aromatic N) is 1. The molecule has 0 aliphatic rings. The SMILES string of the molecule is CNC(=O)CCCCC(=O)N/N=C\c1ccccc1O. The zero-order chi connectivity index (χ0) is 14.8. The van der Waals surface area contributed by atoms with Gasteiger partial charge in [-0.05, 0) is 25.0 Å². The van der Waals surface area contributed by atoms with Crippen molar-refractivity contribution in [2.24, 2.45) is 5.10 Å². The quantitative estimate of drug-likeness (QED) is 0.396. The van der Waals surface area contributed by atoms with Gasteiger partial charge in [-0.25, -0.2) is 5.43 Å². The maximum Gasteiger partial charge on any atom is 0.240 e. The first-order chi connectivity index (χ1) is 9.63. The Hall–Kier alpha value is -2.37. The summed E-state index contributed by atoms with van der Waals surface area (Å²) in [6.45, 7) is 0. The summed E-state index contributed by atoms with van der Waals surface area (Å²) in [5, 5.41) is 15.8. The molecule has 0 spiro atoms. The number of para-hydroxylation sites is 1. The number of phenols is 1. The molecule has 3 N–H and O–H groups in total. The van der Waals surface area contributed by atoms with Crippen molar-refractivity contribution in [3.63, 3.8) is 0 Å². The number of benzene rings is 1. The van der Waals surface area contributed by atoms with E-state index in [1.807, 2.05) is 0 Å². The fraction of sp³-hybridized carbons (Fsp3) is 0.357. The Bertz CT molecular complexity index is 486. The highest BCUT2D eigenvalue weighted by molar-refractivity contribution is 5.85. The average molecular weight is 277 g/mol. The van der Waals surface area contributed by atoms with Gasteiger partial charge in [-0.15, -0.1) is 0 Å². The summed E-state index contributed by atoms with van der Waals surface area (Å²) in [5.74, 6) is -0.132. The van der Waals surface area contributed by atoms with Crippen LogP contribution in [0.2, 0.25) is 0 Å². The lowest BCUT2D eigenvalue weighted by Gasteiger charge is -2.01. The van der Waals surface area contributed by atoms with Crippen LogP contribution < -0.4 is 10.7 Å². The number of hydrogen-bond acceptors (Lipinski definition) is 4. The summed E-state index contributed by atoms with van der Waals surface area (Å²) < 4.78 is 0. The first kappa shape index (κ1) is 15.7. The van der Waals surface area contributed by atoms with Crippen LogP contribution in [0.1, 0.15) is 31.2 Å². The van der Waals surface area contributed by atoms with Crippen LogP contribution in [-0.2, 0) is 9.59 Å². The number of phenolic OH excluding ortho intramolecular Hbond substituents is 1. The standard InChI is InChI=1S/C14H19N3O3/c1-15-13(19)8-4-5-9-14(20)17-16-10-11-6-2-3-7-12(11)18/h2-3,6-7,10,18H,4-5,8-9H2,1H3,(H,15,19)(H,17,20)/b16-10-. The number of amides is 2. The van der Waals surface area contributed by atoms with Gasteiger partial charge < -0.3 is 10.4 Å². The molecule has 6 nitrogen and oxygen atoms in total. The third kappa shape index (κ3) is 5.99. The highest BCUT2D eigenvalue weighted by atomic mass is 16.3. The fourth-order valence-electron chi connectivity index (χ4n) is 1.52. The molecule has 1 rings (SSSR count). The molecule has 1 aromatic carbocycles. The van der Waals surface area contributed by atoms with Gasteiger partial charge in [0.05, 0.1) is 6.21 Å². The fourth-order valence-corrected chi connectivity index (χ4v) is 1.52. The number of rotatable bonds is 7. The Morgan fingerprint density at radius 1 is 1.20 bits per heavy atom. The second-order valence-corrected chi connectivity index (χ2v) is 4.23. The number of hydrazone groups is 1. The molecule has 20 heavy (non-hydrogen) atoms. The minimum Gasteiger partial charge on any atom is -0.507 e. The van der Waals surface area contributed by atoms with Crippen molar-refractivity contribution in [1.29, 1.82) is 0 Å². The number of unbranched alkanes of at least 4 members (excludes halogenated alkanes) is 1. The number of aromatic hydroxyl groups is 1. The molecule has 0 aliphatic heterocycles. The van der Waals surface area contributed by atoms with Gasteiger partial charge in [0.2, 0.25) is 11.8 Å². The average Bonchev–Trinajstić information content (AvgIpc) is 2.45. The molecule has 0 atom stereocenters. The molecule has 0 radical (unpaired) electrons. The Morgan fingerprint density at radius 3 is 2.50 bits per heavy atom. The molecule has 0 unspecified atom stereocenters. The van der Waals surface area contributed by atoms with Gasteiger partial charge in [0.15, 0.2) is 0 Å². The molecule has 0 aliphatic carbocycles. The summed E-state index contributed by atoms with van der Waals surface area (Å²) in [6.07, 6.45) is 3.42. The lowest BCUT2D eigenvalue weighted by Crippen LogP contribution is -2.19. The van der Waals surface area contributed by atoms with E-state index in [0.717, 1.165) is 0 Å². The second-order valence-electron chi connectivity index (χ2n) is 4.23. The molecular formula is C14H19N3O3. The van der Waals surface area contributed by atoms with E-state index in [0.29, 0.717) is 31.2 Å². The normalized spacial score (nSPS) is 10.4. The van der Waals surface area contributed by atoms with E-state index < -0.39 is 0 Å². The van der Waals surface area contributed by atoms with E-state index in [4.69, 9.17) is 0 Å². The molecule has 0 aromatic heterocycles. The first-order valence-corrected chi connectivity index (χ1v) is 6.44. The van der Waals surface area contributed by atoms with Crippen molar-refractivity contribution < 1.29 is 14.7 Å². The van der Waals surface area contributed by atoms with Crippen molar-refractivity contribution in [3.05, 3.63) is 29.8 Å². The van der Waals surface area contributed by atoms with Crippen LogP contribution in [0, 0.1) is 0 Å². The maximum atomic E-state index is 11.4. The summed E-state index contributed by atoms with van der Waals surface area (Å²) in [7, 11) is 1.59. The molecule has 0 fully saturated rings. The predicted molar refractivity (Wildman–Crippen MR) is 76.4 cm³/mol. The van der Waals surface area contributed by atoms with E-state index in [-0.39, 0.29) is 17.6 Å². The lowest BCUT2D eigenvalue weighted by molar-refractivity contribution is -0.122. The minimum absolute atomic E-state index is 0.0250. The van der Waals surface area contributed by atoms with Gasteiger partial charge in [0, 0.05) is 25.5 Å². The van der Waals surface area contributed by atoms with Gasteiger partial charge in [0.1, 0.15) is 5.75 Å². The molecule has 0 bridgehead atoms. The van der Waals surface area contributed by atoms with E-state index in [2.05, 4.69) is 15.8 Å². The van der Waals surface area contributed by atoms with Crippen molar-refractivity contribution in [2.45, 2.75) is 25.7 Å². The van der Waals surface area contributed by atoms with Crippen LogP contribution in [0.3, 0.4) is 0 Å². The Labute approximate surface area is 117 Å². The van der Waals surface area contributed by atoms with Crippen molar-refractivity contribution in [2.75, 3.05) is 7.05 Å². The second kappa shape index (κ2) is 8.68. The number of hydrogen-bond donors (Lipinski definition) is 3. The molecule has 0 saturated carbocycles. The summed E-state index contributed by atoms with van der Waals surface area (Å²) in [4.78, 5) is 22.4. The minimum atomic E-state index is -0.214. The third-order valence-corrected chi connectivity index (χ3v) is 2.67. The van der Waals surface area contributed by atoms with E-state index >= 15 is 0 Å². The largest absolute Gasteiger partial charge is 0.507 e. The van der Waals surface area contributed by atoms with Gasteiger partial charge in [0.25, 0.3) is 0 Å². The van der Waals surface area contributed by atoms with Gasteiger partial charge in [-0.2, -0.15) is 5.10 Å².